The third-order valence-corrected chi connectivity index (χ3v) is 12.5. The highest BCUT2D eigenvalue weighted by Gasteiger charge is 2.68. The minimum atomic E-state index is -0.549. The number of esters is 1. The molecule has 1 aliphatic heterocycles. The Morgan fingerprint density at radius 2 is 1.87 bits per heavy atom. The number of nitrogens with two attached hydrogens (primary N) is 1. The van der Waals surface area contributed by atoms with E-state index in [4.69, 9.17) is 10.5 Å². The van der Waals surface area contributed by atoms with Crippen molar-refractivity contribution >= 4 is 17.7 Å². The number of hydrogen-bond donors (Lipinski definition) is 2. The maximum atomic E-state index is 12.3. The molecule has 5 fully saturated rings. The van der Waals surface area contributed by atoms with Gasteiger partial charge in [-0.05, 0) is 111 Å². The van der Waals surface area contributed by atoms with Gasteiger partial charge in [0.15, 0.2) is 0 Å². The highest BCUT2D eigenvalue weighted by atomic mass is 32.2. The van der Waals surface area contributed by atoms with E-state index in [9.17, 15) is 9.90 Å². The van der Waals surface area contributed by atoms with E-state index in [0.29, 0.717) is 42.1 Å². The van der Waals surface area contributed by atoms with E-state index in [-0.39, 0.29) is 11.4 Å². The molecule has 5 rings (SSSR count). The first-order valence-electron chi connectivity index (χ1n) is 13.0. The molecule has 4 nitrogen and oxygen atoms in total. The fraction of sp³-hybridized carbons (Fsp3) is 0.962. The van der Waals surface area contributed by atoms with Gasteiger partial charge >= 0.3 is 5.97 Å². The molecule has 0 aromatic heterocycles. The molecule has 4 saturated carbocycles. The average Bonchev–Trinajstić information content (AvgIpc) is 3.28. The Bertz CT molecular complexity index is 702. The second-order valence-corrected chi connectivity index (χ2v) is 13.5. The van der Waals surface area contributed by atoms with E-state index in [0.717, 1.165) is 43.4 Å². The zero-order valence-corrected chi connectivity index (χ0v) is 20.4. The molecule has 0 bridgehead atoms. The van der Waals surface area contributed by atoms with Crippen LogP contribution in [-0.2, 0) is 9.53 Å². The number of cyclic esters (lactones) is 1. The maximum absolute atomic E-state index is 12.3. The molecule has 1 heterocycles. The summed E-state index contributed by atoms with van der Waals surface area (Å²) in [5, 5.41) is 13.1. The van der Waals surface area contributed by atoms with Crippen LogP contribution in [0, 0.1) is 40.4 Å². The third kappa shape index (κ3) is 3.43. The lowest BCUT2D eigenvalue weighted by Crippen LogP contribution is -2.62. The number of aliphatic hydroxyl groups is 1. The Labute approximate surface area is 192 Å². The van der Waals surface area contributed by atoms with Crippen LogP contribution in [0.2, 0.25) is 0 Å². The quantitative estimate of drug-likeness (QED) is 0.467. The summed E-state index contributed by atoms with van der Waals surface area (Å²) >= 11 is 2.17. The molecule has 0 amide bonds. The van der Waals surface area contributed by atoms with Gasteiger partial charge < -0.3 is 15.6 Å². The standard InChI is InChI=1S/C26H43NO3S/c1-24-9-6-19(31-13-3-12-27)15-18(24)4-5-22-21(24)7-10-25(2)20(8-11-26(22,25)29)17-14-23(28)30-16-17/h17-22,29H,3-16,27H2,1-2H3/t17-,18-,19+,20-,21+,22-,24+,25-,26+/m1/s1. The summed E-state index contributed by atoms with van der Waals surface area (Å²) in [4.78, 5) is 11.8. The van der Waals surface area contributed by atoms with E-state index in [1.165, 1.54) is 44.3 Å². The molecule has 0 unspecified atom stereocenters. The Balaban J connectivity index is 1.32. The van der Waals surface area contributed by atoms with Crippen molar-refractivity contribution in [1.29, 1.82) is 0 Å². The largest absolute Gasteiger partial charge is 0.465 e. The van der Waals surface area contributed by atoms with Crippen molar-refractivity contribution in [3.8, 4) is 0 Å². The normalized spacial score (nSPS) is 51.7. The van der Waals surface area contributed by atoms with Crippen molar-refractivity contribution in [2.75, 3.05) is 18.9 Å². The lowest BCUT2D eigenvalue weighted by Gasteiger charge is -2.64. The fourth-order valence-corrected chi connectivity index (χ4v) is 10.6. The molecule has 9 atom stereocenters. The highest BCUT2D eigenvalue weighted by molar-refractivity contribution is 7.99. The van der Waals surface area contributed by atoms with Gasteiger partial charge in [-0.3, -0.25) is 4.79 Å². The molecule has 4 aliphatic carbocycles. The summed E-state index contributed by atoms with van der Waals surface area (Å²) in [7, 11) is 0. The van der Waals surface area contributed by atoms with Crippen LogP contribution in [0.5, 0.6) is 0 Å². The predicted molar refractivity (Wildman–Crippen MR) is 126 cm³/mol. The van der Waals surface area contributed by atoms with Gasteiger partial charge in [-0.2, -0.15) is 11.8 Å². The third-order valence-electron chi connectivity index (χ3n) is 11.0. The van der Waals surface area contributed by atoms with Crippen molar-refractivity contribution in [3.63, 3.8) is 0 Å². The van der Waals surface area contributed by atoms with E-state index in [1.807, 2.05) is 0 Å². The minimum absolute atomic E-state index is 0.0353. The first-order chi connectivity index (χ1) is 14.8. The zero-order valence-electron chi connectivity index (χ0n) is 19.6. The van der Waals surface area contributed by atoms with Gasteiger partial charge in [-0.25, -0.2) is 0 Å². The predicted octanol–water partition coefficient (Wildman–Crippen LogP) is 4.77. The van der Waals surface area contributed by atoms with Gasteiger partial charge in [0, 0.05) is 11.2 Å². The second kappa shape index (κ2) is 8.20. The Kier molecular flexibility index (Phi) is 5.96. The smallest absolute Gasteiger partial charge is 0.306 e. The van der Waals surface area contributed by atoms with Crippen LogP contribution < -0.4 is 5.73 Å². The van der Waals surface area contributed by atoms with Crippen molar-refractivity contribution in [3.05, 3.63) is 0 Å². The Morgan fingerprint density at radius 3 is 2.61 bits per heavy atom. The topological polar surface area (TPSA) is 72.5 Å². The lowest BCUT2D eigenvalue weighted by molar-refractivity contribution is -0.209. The van der Waals surface area contributed by atoms with Crippen LogP contribution in [0.3, 0.4) is 0 Å². The molecular formula is C26H43NO3S. The SMILES string of the molecule is C[C@]12CC[C@H](SCCCN)C[C@H]1CC[C@@H]1[C@@H]2CC[C@]2(C)[C@@H]([C@H]3COC(=O)C3)CC[C@]12O. The first-order valence-corrected chi connectivity index (χ1v) is 14.1. The molecule has 5 aliphatic rings. The van der Waals surface area contributed by atoms with Crippen molar-refractivity contribution in [2.24, 2.45) is 46.2 Å². The van der Waals surface area contributed by atoms with Crippen molar-refractivity contribution in [2.45, 2.75) is 95.3 Å². The highest BCUT2D eigenvalue weighted by Crippen LogP contribution is 2.70. The van der Waals surface area contributed by atoms with Gasteiger partial charge in [-0.15, -0.1) is 0 Å². The molecule has 0 spiro atoms. The van der Waals surface area contributed by atoms with Crippen LogP contribution in [0.15, 0.2) is 0 Å². The molecule has 0 radical (unpaired) electrons. The fourth-order valence-electron chi connectivity index (χ4n) is 9.26. The van der Waals surface area contributed by atoms with Crippen LogP contribution in [0.1, 0.15) is 84.5 Å². The monoisotopic (exact) mass is 449 g/mol. The number of thioether (sulfide) groups is 1. The van der Waals surface area contributed by atoms with E-state index in [1.54, 1.807) is 0 Å². The first kappa shape index (κ1) is 22.5. The number of carbonyl (C=O) groups is 1. The minimum Gasteiger partial charge on any atom is -0.465 e. The van der Waals surface area contributed by atoms with E-state index in [2.05, 4.69) is 25.6 Å². The van der Waals surface area contributed by atoms with Gasteiger partial charge in [0.25, 0.3) is 0 Å². The van der Waals surface area contributed by atoms with Gasteiger partial charge in [0.2, 0.25) is 0 Å². The van der Waals surface area contributed by atoms with Crippen molar-refractivity contribution in [1.82, 2.24) is 0 Å². The molecule has 0 aromatic rings. The Morgan fingerprint density at radius 1 is 1.06 bits per heavy atom. The van der Waals surface area contributed by atoms with Gasteiger partial charge in [0.05, 0.1) is 18.6 Å². The number of fused-ring (bicyclic) bond motifs is 5. The summed E-state index contributed by atoms with van der Waals surface area (Å²) in [6.45, 7) is 6.33. The molecule has 5 heteroatoms. The maximum Gasteiger partial charge on any atom is 0.306 e. The van der Waals surface area contributed by atoms with Crippen molar-refractivity contribution < 1.29 is 14.6 Å². The van der Waals surface area contributed by atoms with E-state index < -0.39 is 5.60 Å². The van der Waals surface area contributed by atoms with E-state index >= 15 is 0 Å². The zero-order chi connectivity index (χ0) is 21.9. The molecule has 3 N–H and O–H groups in total. The number of rotatable bonds is 5. The molecular weight excluding hydrogens is 406 g/mol. The summed E-state index contributed by atoms with van der Waals surface area (Å²) in [6.07, 6.45) is 12.6. The van der Waals surface area contributed by atoms with Crippen LogP contribution >= 0.6 is 11.8 Å². The van der Waals surface area contributed by atoms with Crippen LogP contribution in [-0.4, -0.2) is 40.8 Å². The summed E-state index contributed by atoms with van der Waals surface area (Å²) in [6, 6.07) is 0. The lowest BCUT2D eigenvalue weighted by atomic mass is 9.43. The van der Waals surface area contributed by atoms with Gasteiger partial charge in [0.1, 0.15) is 0 Å². The molecule has 0 aromatic carbocycles. The summed E-state index contributed by atoms with van der Waals surface area (Å²) in [5.41, 5.74) is 5.51. The number of hydrogen-bond acceptors (Lipinski definition) is 5. The summed E-state index contributed by atoms with van der Waals surface area (Å²) < 4.78 is 5.34. The number of ether oxygens (including phenoxy) is 1. The average molecular weight is 450 g/mol. The molecule has 31 heavy (non-hydrogen) atoms. The molecule has 176 valence electrons. The van der Waals surface area contributed by atoms with Crippen LogP contribution in [0.4, 0.5) is 0 Å². The second-order valence-electron chi connectivity index (χ2n) is 12.1. The Hall–Kier alpha value is -0.260. The number of carbonyl (C=O) groups excluding carboxylic acids is 1. The molecule has 1 saturated heterocycles. The summed E-state index contributed by atoms with van der Waals surface area (Å²) in [5.74, 6) is 3.86. The van der Waals surface area contributed by atoms with Gasteiger partial charge in [-0.1, -0.05) is 13.8 Å². The van der Waals surface area contributed by atoms with Crippen LogP contribution in [0.25, 0.3) is 0 Å².